The highest BCUT2D eigenvalue weighted by Gasteiger charge is 2.31. The number of aromatic nitrogens is 6. The molecule has 0 fully saturated rings. The highest BCUT2D eigenvalue weighted by molar-refractivity contribution is 8.00. The second-order valence-corrected chi connectivity index (χ2v) is 20.4. The van der Waals surface area contributed by atoms with Gasteiger partial charge in [0.25, 0.3) is 29.5 Å². The first kappa shape index (κ1) is 61.2. The number of halogens is 15. The number of hydrogen-bond donors (Lipinski definition) is 3. The number of nitrogens with zero attached hydrogens (tertiary/aromatic N) is 6. The van der Waals surface area contributed by atoms with Gasteiger partial charge in [0.1, 0.15) is 11.6 Å². The number of carbonyl (C=O) groups excluding carboxylic acids is 3. The standard InChI is InChI=1S/2C16H8Cl2F3N3O2S.C16H8F5N3O2S/c17-9-3-6-11(12(18)7-9)14-23-24-15(26-14)22-13(25)8-1-4-10(5-2-8)27-16(19,20)21;17-10-5-9(6-11(18)7-10)14-23-24-15(26-14)22-13(25)8-1-3-12(4-2-8)27-16(19,20)21;17-9-3-6-11(12(18)7-9)14-23-24-15(26-14)22-13(25)8-1-4-10(5-2-8)27-16(19,20)21/h3*1-7H,(H,22,24,25). The number of nitrogens with one attached hydrogen (secondary N) is 3. The highest BCUT2D eigenvalue weighted by atomic mass is 35.5. The van der Waals surface area contributed by atoms with Crippen LogP contribution in [0.3, 0.4) is 0 Å². The van der Waals surface area contributed by atoms with E-state index in [0.717, 1.165) is 24.3 Å². The summed E-state index contributed by atoms with van der Waals surface area (Å²) < 4.78 is 153. The van der Waals surface area contributed by atoms with Crippen molar-refractivity contribution in [3.8, 4) is 34.4 Å². The molecule has 0 aliphatic heterocycles. The van der Waals surface area contributed by atoms with Gasteiger partial charge in [-0.1, -0.05) is 61.7 Å². The maximum Gasteiger partial charge on any atom is 0.446 e. The summed E-state index contributed by atoms with van der Waals surface area (Å²) in [5.74, 6) is -3.76. The SMILES string of the molecule is O=C(Nc1nnc(-c2cc(Cl)cc(Cl)c2)o1)c1ccc(SC(F)(F)F)cc1.O=C(Nc1nnc(-c2ccc(Cl)cc2Cl)o1)c1ccc(SC(F)(F)F)cc1.O=C(Nc1nnc(-c2ccc(F)cc2F)o1)c1ccc(SC(F)(F)F)cc1. The summed E-state index contributed by atoms with van der Waals surface area (Å²) in [5, 5.41) is 30.5. The number of hydrogen-bond acceptors (Lipinski definition) is 15. The van der Waals surface area contributed by atoms with E-state index in [1.807, 2.05) is 0 Å². The van der Waals surface area contributed by atoms with Gasteiger partial charge in [0.05, 0.1) is 16.1 Å². The minimum atomic E-state index is -4.43. The van der Waals surface area contributed by atoms with Crippen LogP contribution < -0.4 is 16.0 Å². The topological polar surface area (TPSA) is 204 Å². The zero-order valence-corrected chi connectivity index (χ0v) is 44.6. The lowest BCUT2D eigenvalue weighted by atomic mass is 10.2. The molecule has 420 valence electrons. The van der Waals surface area contributed by atoms with E-state index in [-0.39, 0.29) is 108 Å². The van der Waals surface area contributed by atoms with E-state index in [1.165, 1.54) is 72.8 Å². The molecule has 0 aliphatic carbocycles. The molecule has 3 N–H and O–H groups in total. The molecule has 0 aliphatic rings. The van der Waals surface area contributed by atoms with Crippen molar-refractivity contribution >= 4 is 117 Å². The lowest BCUT2D eigenvalue weighted by molar-refractivity contribution is -0.0337. The molecule has 81 heavy (non-hydrogen) atoms. The fraction of sp³-hybridized carbons (Fsp3) is 0.0625. The first-order chi connectivity index (χ1) is 38.1. The van der Waals surface area contributed by atoms with Crippen molar-refractivity contribution in [1.29, 1.82) is 0 Å². The normalized spacial score (nSPS) is 11.4. The number of alkyl halides is 9. The molecule has 0 radical (unpaired) electrons. The van der Waals surface area contributed by atoms with Crippen LogP contribution in [-0.4, -0.2) is 64.8 Å². The molecule has 15 nitrogen and oxygen atoms in total. The van der Waals surface area contributed by atoms with E-state index in [9.17, 15) is 62.7 Å². The van der Waals surface area contributed by atoms with Crippen molar-refractivity contribution in [3.63, 3.8) is 0 Å². The Hall–Kier alpha value is -7.41. The Kier molecular flexibility index (Phi) is 20.0. The molecule has 9 aromatic rings. The Morgan fingerprint density at radius 1 is 0.407 bits per heavy atom. The van der Waals surface area contributed by atoms with Crippen LogP contribution in [0.15, 0.2) is 155 Å². The predicted octanol–water partition coefficient (Wildman–Crippen LogP) is 16.7. The van der Waals surface area contributed by atoms with Gasteiger partial charge < -0.3 is 13.3 Å². The van der Waals surface area contributed by atoms with Crippen LogP contribution in [0.5, 0.6) is 0 Å². The summed E-state index contributed by atoms with van der Waals surface area (Å²) >= 11 is 22.9. The second kappa shape index (κ2) is 26.5. The fourth-order valence-electron chi connectivity index (χ4n) is 6.09. The van der Waals surface area contributed by atoms with E-state index < -0.39 is 45.9 Å². The van der Waals surface area contributed by atoms with Crippen molar-refractivity contribution in [2.24, 2.45) is 0 Å². The van der Waals surface area contributed by atoms with Gasteiger partial charge in [-0.25, -0.2) is 8.78 Å². The number of carbonyl (C=O) groups is 3. The molecule has 3 aromatic heterocycles. The first-order valence-electron chi connectivity index (χ1n) is 21.5. The van der Waals surface area contributed by atoms with Gasteiger partial charge in [-0.15, -0.1) is 15.3 Å². The van der Waals surface area contributed by atoms with Gasteiger partial charge in [-0.3, -0.25) is 30.3 Å². The quantitative estimate of drug-likeness (QED) is 0.0769. The molecule has 0 atom stereocenters. The predicted molar refractivity (Wildman–Crippen MR) is 278 cm³/mol. The lowest BCUT2D eigenvalue weighted by Gasteiger charge is -2.06. The summed E-state index contributed by atoms with van der Waals surface area (Å²) in [4.78, 5) is 36.2. The smallest absolute Gasteiger partial charge is 0.403 e. The van der Waals surface area contributed by atoms with E-state index >= 15 is 0 Å². The number of amides is 3. The summed E-state index contributed by atoms with van der Waals surface area (Å²) in [6, 6.07) is 25.8. The third-order valence-corrected chi connectivity index (χ3v) is 12.6. The summed E-state index contributed by atoms with van der Waals surface area (Å²) in [6.45, 7) is 0. The van der Waals surface area contributed by atoms with Gasteiger partial charge >= 0.3 is 34.6 Å². The van der Waals surface area contributed by atoms with Gasteiger partial charge in [-0.2, -0.15) is 39.5 Å². The van der Waals surface area contributed by atoms with Crippen LogP contribution in [-0.2, 0) is 0 Å². The molecular formula is C48H24Cl4F11N9O6S3. The van der Waals surface area contributed by atoms with E-state index in [4.69, 9.17) is 59.7 Å². The van der Waals surface area contributed by atoms with Crippen molar-refractivity contribution in [2.45, 2.75) is 31.2 Å². The summed E-state index contributed by atoms with van der Waals surface area (Å²) in [5.41, 5.74) is -12.2. The van der Waals surface area contributed by atoms with Crippen LogP contribution in [0.1, 0.15) is 31.1 Å². The maximum absolute atomic E-state index is 13.7. The third-order valence-electron chi connectivity index (χ3n) is 9.42. The number of thioether (sulfide) groups is 3. The Morgan fingerprint density at radius 3 is 1.14 bits per heavy atom. The van der Waals surface area contributed by atoms with Crippen LogP contribution in [0, 0.1) is 11.6 Å². The Bertz CT molecular complexity index is 3510. The second-order valence-electron chi connectivity index (χ2n) is 15.2. The van der Waals surface area contributed by atoms with Gasteiger partial charge in [0, 0.05) is 58.1 Å². The minimum absolute atomic E-state index is 0.0306. The average molecular weight is 1270 g/mol. The molecule has 0 unspecified atom stereocenters. The molecule has 0 saturated heterocycles. The van der Waals surface area contributed by atoms with Crippen LogP contribution >= 0.6 is 81.7 Å². The zero-order valence-electron chi connectivity index (χ0n) is 39.2. The van der Waals surface area contributed by atoms with E-state index in [0.29, 0.717) is 37.3 Å². The van der Waals surface area contributed by atoms with Crippen molar-refractivity contribution in [2.75, 3.05) is 16.0 Å². The number of rotatable bonds is 12. The molecule has 6 aromatic carbocycles. The lowest BCUT2D eigenvalue weighted by Crippen LogP contribution is -2.12. The van der Waals surface area contributed by atoms with E-state index in [1.54, 1.807) is 24.3 Å². The Labute approximate surface area is 478 Å². The largest absolute Gasteiger partial charge is 0.446 e. The summed E-state index contributed by atoms with van der Waals surface area (Å²) in [7, 11) is 0. The van der Waals surface area contributed by atoms with E-state index in [2.05, 4.69) is 46.5 Å². The zero-order chi connectivity index (χ0) is 58.8. The minimum Gasteiger partial charge on any atom is -0.403 e. The summed E-state index contributed by atoms with van der Waals surface area (Å²) in [6.07, 6.45) is 0. The Balaban J connectivity index is 0.000000175. The molecule has 0 spiro atoms. The average Bonchev–Trinajstić information content (AvgIpc) is 4.16. The molecule has 3 heterocycles. The van der Waals surface area contributed by atoms with Crippen LogP contribution in [0.4, 0.5) is 66.3 Å². The number of benzene rings is 6. The van der Waals surface area contributed by atoms with Gasteiger partial charge in [-0.05, 0) is 157 Å². The highest BCUT2D eigenvalue weighted by Crippen LogP contribution is 2.39. The first-order valence-corrected chi connectivity index (χ1v) is 25.5. The molecule has 3 amide bonds. The van der Waals surface area contributed by atoms with Crippen molar-refractivity contribution < 1.29 is 75.9 Å². The molecule has 33 heteroatoms. The van der Waals surface area contributed by atoms with Crippen molar-refractivity contribution in [3.05, 3.63) is 176 Å². The van der Waals surface area contributed by atoms with Gasteiger partial charge in [0.2, 0.25) is 5.89 Å². The van der Waals surface area contributed by atoms with Crippen LogP contribution in [0.2, 0.25) is 20.1 Å². The van der Waals surface area contributed by atoms with Crippen LogP contribution in [0.25, 0.3) is 34.4 Å². The van der Waals surface area contributed by atoms with Gasteiger partial charge in [0.15, 0.2) is 0 Å². The molecule has 0 bridgehead atoms. The molecule has 0 saturated carbocycles. The third kappa shape index (κ3) is 18.8. The monoisotopic (exact) mass is 1270 g/mol. The fourth-order valence-corrected chi connectivity index (χ4v) is 8.72. The molecular weight excluding hydrogens is 1250 g/mol. The Morgan fingerprint density at radius 2 is 0.765 bits per heavy atom. The van der Waals surface area contributed by atoms with Crippen molar-refractivity contribution in [1.82, 2.24) is 30.6 Å². The maximum atomic E-state index is 13.7. The molecule has 9 rings (SSSR count). The number of anilines is 3.